The average molecular weight is 674 g/mol. The first-order chi connectivity index (χ1) is 20.7. The van der Waals surface area contributed by atoms with Crippen molar-refractivity contribution < 1.29 is 19.1 Å². The van der Waals surface area contributed by atoms with Crippen molar-refractivity contribution in [2.45, 2.75) is 9.50 Å². The molecule has 0 bridgehead atoms. The third kappa shape index (κ3) is 7.67. The molecule has 2 amide bonds. The van der Waals surface area contributed by atoms with Crippen LogP contribution in [0.1, 0.15) is 10.4 Å². The third-order valence-electron chi connectivity index (χ3n) is 5.91. The summed E-state index contributed by atoms with van der Waals surface area (Å²) >= 11 is 16.3. The Kier molecular flexibility index (Phi) is 9.88. The highest BCUT2D eigenvalue weighted by Crippen LogP contribution is 2.32. The molecule has 2 heterocycles. The summed E-state index contributed by atoms with van der Waals surface area (Å²) in [6, 6.07) is 17.1. The summed E-state index contributed by atoms with van der Waals surface area (Å²) < 4.78 is 8.06. The van der Waals surface area contributed by atoms with Gasteiger partial charge in [-0.3, -0.25) is 9.59 Å². The van der Waals surface area contributed by atoms with E-state index in [1.54, 1.807) is 60.1 Å². The first kappa shape index (κ1) is 30.8. The molecule has 0 aliphatic rings. The smallest absolute Gasteiger partial charge is 0.337 e. The number of benzene rings is 3. The van der Waals surface area contributed by atoms with Crippen LogP contribution in [0.2, 0.25) is 10.0 Å². The van der Waals surface area contributed by atoms with Crippen LogP contribution in [0.5, 0.6) is 0 Å². The number of carbonyl (C=O) groups excluding carboxylic acids is 3. The molecule has 220 valence electrons. The molecule has 0 saturated carbocycles. The number of esters is 1. The van der Waals surface area contributed by atoms with Gasteiger partial charge in [-0.05, 0) is 60.7 Å². The van der Waals surface area contributed by atoms with Crippen molar-refractivity contribution in [2.75, 3.05) is 29.2 Å². The summed E-state index contributed by atoms with van der Waals surface area (Å²) in [4.78, 5) is 41.2. The quantitative estimate of drug-likeness (QED) is 0.124. The second-order valence-electron chi connectivity index (χ2n) is 8.89. The largest absolute Gasteiger partial charge is 0.465 e. The number of nitrogens with one attached hydrogen (secondary N) is 2. The van der Waals surface area contributed by atoms with Gasteiger partial charge in [-0.2, -0.15) is 0 Å². The Morgan fingerprint density at radius 3 is 2.33 bits per heavy atom. The second kappa shape index (κ2) is 13.8. The molecular formula is C28H22Cl2N6O4S3. The number of amides is 2. The van der Waals surface area contributed by atoms with Crippen LogP contribution in [0.3, 0.4) is 0 Å². The zero-order chi connectivity index (χ0) is 30.5. The molecule has 3 aromatic carbocycles. The summed E-state index contributed by atoms with van der Waals surface area (Å²) in [7, 11) is 3.12. The van der Waals surface area contributed by atoms with Crippen molar-refractivity contribution in [2.24, 2.45) is 7.05 Å². The summed E-state index contributed by atoms with van der Waals surface area (Å²) in [5.41, 5.74) is 3.08. The van der Waals surface area contributed by atoms with Crippen LogP contribution in [-0.2, 0) is 21.4 Å². The lowest BCUT2D eigenvalue weighted by atomic mass is 10.2. The van der Waals surface area contributed by atoms with E-state index in [4.69, 9.17) is 23.2 Å². The van der Waals surface area contributed by atoms with Crippen LogP contribution in [0.25, 0.3) is 21.6 Å². The number of nitrogens with zero attached hydrogens (tertiary/aromatic N) is 4. The first-order valence-corrected chi connectivity index (χ1v) is 16.0. The molecule has 15 heteroatoms. The number of hydrogen-bond donors (Lipinski definition) is 2. The number of anilines is 2. The fourth-order valence-corrected chi connectivity index (χ4v) is 6.96. The summed E-state index contributed by atoms with van der Waals surface area (Å²) in [5.74, 6) is 0.0142. The van der Waals surface area contributed by atoms with Gasteiger partial charge in [-0.1, -0.05) is 46.7 Å². The van der Waals surface area contributed by atoms with Gasteiger partial charge >= 0.3 is 5.97 Å². The Morgan fingerprint density at radius 1 is 0.907 bits per heavy atom. The SMILES string of the molecule is COC(=O)c1ccc(NC(=O)CSc2nc3ccc(NC(=O)CSc4nnc(-c5ccc(Cl)cc5Cl)n4C)cc3s2)cc1. The number of aromatic nitrogens is 4. The molecule has 0 saturated heterocycles. The zero-order valence-corrected chi connectivity index (χ0v) is 26.6. The first-order valence-electron chi connectivity index (χ1n) is 12.5. The van der Waals surface area contributed by atoms with E-state index in [0.717, 1.165) is 14.6 Å². The van der Waals surface area contributed by atoms with Gasteiger partial charge in [0.15, 0.2) is 15.3 Å². The van der Waals surface area contributed by atoms with Gasteiger partial charge in [0.25, 0.3) is 0 Å². The molecule has 0 fully saturated rings. The molecule has 0 spiro atoms. The van der Waals surface area contributed by atoms with Crippen LogP contribution >= 0.6 is 58.1 Å². The molecule has 0 atom stereocenters. The normalized spacial score (nSPS) is 11.0. The van der Waals surface area contributed by atoms with Crippen LogP contribution < -0.4 is 10.6 Å². The van der Waals surface area contributed by atoms with Crippen molar-refractivity contribution in [3.8, 4) is 11.4 Å². The number of methoxy groups -OCH3 is 1. The Morgan fingerprint density at radius 2 is 1.60 bits per heavy atom. The predicted octanol–water partition coefficient (Wildman–Crippen LogP) is 6.65. The highest BCUT2D eigenvalue weighted by atomic mass is 35.5. The topological polar surface area (TPSA) is 128 Å². The standard InChI is InChI=1S/C28H22Cl2N6O4S3/c1-36-25(19-9-5-16(29)11-20(19)30)34-35-27(36)41-13-23(37)32-18-8-10-21-22(12-18)43-28(33-21)42-14-24(38)31-17-6-3-15(4-7-17)26(39)40-2/h3-12H,13-14H2,1-2H3,(H,31,38)(H,32,37). The molecule has 43 heavy (non-hydrogen) atoms. The van der Waals surface area contributed by atoms with Crippen molar-refractivity contribution in [3.05, 3.63) is 76.3 Å². The van der Waals surface area contributed by atoms with Crippen LogP contribution in [-0.4, -0.2) is 56.1 Å². The highest BCUT2D eigenvalue weighted by molar-refractivity contribution is 8.01. The van der Waals surface area contributed by atoms with Crippen LogP contribution in [0.4, 0.5) is 11.4 Å². The lowest BCUT2D eigenvalue weighted by Gasteiger charge is -2.07. The van der Waals surface area contributed by atoms with Crippen molar-refractivity contribution >= 4 is 97.4 Å². The number of thiazole rings is 1. The molecule has 10 nitrogen and oxygen atoms in total. The van der Waals surface area contributed by atoms with Gasteiger partial charge in [0, 0.05) is 29.0 Å². The van der Waals surface area contributed by atoms with Crippen LogP contribution in [0, 0.1) is 0 Å². The van der Waals surface area contributed by atoms with Crippen molar-refractivity contribution in [3.63, 3.8) is 0 Å². The summed E-state index contributed by atoms with van der Waals surface area (Å²) in [6.45, 7) is 0. The monoisotopic (exact) mass is 672 g/mol. The maximum absolute atomic E-state index is 12.7. The molecule has 0 unspecified atom stereocenters. The minimum Gasteiger partial charge on any atom is -0.465 e. The Bertz CT molecular complexity index is 1830. The molecule has 0 radical (unpaired) electrons. The van der Waals surface area contributed by atoms with E-state index in [0.29, 0.717) is 43.5 Å². The van der Waals surface area contributed by atoms with E-state index >= 15 is 0 Å². The van der Waals surface area contributed by atoms with Gasteiger partial charge < -0.3 is 19.9 Å². The second-order valence-corrected chi connectivity index (χ2v) is 12.9. The van der Waals surface area contributed by atoms with E-state index in [9.17, 15) is 14.4 Å². The molecule has 5 rings (SSSR count). The van der Waals surface area contributed by atoms with E-state index < -0.39 is 5.97 Å². The number of thioether (sulfide) groups is 2. The van der Waals surface area contributed by atoms with Crippen LogP contribution in [0.15, 0.2) is 70.2 Å². The number of fused-ring (bicyclic) bond motifs is 1. The number of halogens is 2. The Hall–Kier alpha value is -3.62. The Labute approximate surface area is 268 Å². The maximum atomic E-state index is 12.7. The molecule has 2 N–H and O–H groups in total. The highest BCUT2D eigenvalue weighted by Gasteiger charge is 2.16. The fraction of sp³-hybridized carbons (Fsp3) is 0.143. The zero-order valence-electron chi connectivity index (χ0n) is 22.6. The number of hydrogen-bond acceptors (Lipinski definition) is 10. The fourth-order valence-electron chi connectivity index (χ4n) is 3.85. The Balaban J connectivity index is 1.13. The van der Waals surface area contributed by atoms with Gasteiger partial charge in [0.2, 0.25) is 11.8 Å². The minimum atomic E-state index is -0.441. The molecule has 0 aliphatic carbocycles. The summed E-state index contributed by atoms with van der Waals surface area (Å²) in [5, 5.41) is 15.7. The van der Waals surface area contributed by atoms with Crippen molar-refractivity contribution in [1.29, 1.82) is 0 Å². The lowest BCUT2D eigenvalue weighted by molar-refractivity contribution is -0.114. The van der Waals surface area contributed by atoms with E-state index in [1.807, 2.05) is 12.1 Å². The van der Waals surface area contributed by atoms with E-state index in [-0.39, 0.29) is 23.3 Å². The third-order valence-corrected chi connectivity index (χ3v) is 9.64. The van der Waals surface area contributed by atoms with Gasteiger partial charge in [-0.25, -0.2) is 9.78 Å². The van der Waals surface area contributed by atoms with E-state index in [1.165, 1.54) is 42.0 Å². The molecule has 5 aromatic rings. The molecule has 2 aromatic heterocycles. The van der Waals surface area contributed by atoms with E-state index in [2.05, 4.69) is 30.6 Å². The van der Waals surface area contributed by atoms with Gasteiger partial charge in [-0.15, -0.1) is 21.5 Å². The van der Waals surface area contributed by atoms with Gasteiger partial charge in [0.05, 0.1) is 39.4 Å². The van der Waals surface area contributed by atoms with Gasteiger partial charge in [0.1, 0.15) is 0 Å². The average Bonchev–Trinajstić information content (AvgIpc) is 3.57. The molecule has 0 aliphatic heterocycles. The van der Waals surface area contributed by atoms with Crippen molar-refractivity contribution in [1.82, 2.24) is 19.7 Å². The minimum absolute atomic E-state index is 0.128. The number of ether oxygens (including phenoxy) is 1. The lowest BCUT2D eigenvalue weighted by Crippen LogP contribution is -2.14. The predicted molar refractivity (Wildman–Crippen MR) is 173 cm³/mol. The summed E-state index contributed by atoms with van der Waals surface area (Å²) in [6.07, 6.45) is 0. The maximum Gasteiger partial charge on any atom is 0.337 e. The number of rotatable bonds is 10. The molecular weight excluding hydrogens is 651 g/mol. The number of carbonyl (C=O) groups is 3.